The van der Waals surface area contributed by atoms with Gasteiger partial charge in [0, 0.05) is 78.0 Å². The molecule has 0 saturated carbocycles. The molecule has 90 heavy (non-hydrogen) atoms. The van der Waals surface area contributed by atoms with Crippen molar-refractivity contribution in [1.82, 2.24) is 9.55 Å². The van der Waals surface area contributed by atoms with Gasteiger partial charge in [0.15, 0.2) is 0 Å². The topological polar surface area (TPSA) is 33.5 Å². The molecule has 3 heterocycles. The van der Waals surface area contributed by atoms with E-state index in [1.807, 2.05) is 6.07 Å². The molecule has 13 aromatic rings. The maximum atomic E-state index is 7.28. The van der Waals surface area contributed by atoms with Crippen LogP contribution in [-0.4, -0.2) is 9.55 Å². The van der Waals surface area contributed by atoms with Crippen molar-refractivity contribution in [3.05, 3.63) is 296 Å². The maximum Gasteiger partial charge on any atom is 0.135 e. The molecule has 0 N–H and O–H groups in total. The van der Waals surface area contributed by atoms with Crippen molar-refractivity contribution in [2.24, 2.45) is 0 Å². The predicted molar refractivity (Wildman–Crippen MR) is 373 cm³/mol. The average molecular weight is 1350 g/mol. The van der Waals surface area contributed by atoms with Crippen molar-refractivity contribution in [3.63, 3.8) is 0 Å². The van der Waals surface area contributed by atoms with Crippen LogP contribution in [0, 0.1) is 18.8 Å². The number of hydrogen-bond acceptors (Lipinski definition) is 4. The second-order valence-electron chi connectivity index (χ2n) is 26.6. The SMILES string of the molecule is CC(C)(C)c1ccc(-c2cnc(-n3c4[c-]c(Oc5[c-]c(N6[CH-]N(c7c(-c8ccc(C(C)(C)C)cc8)cccc7-c7cccc(-c8ccccc8)c7)c7ccccc76)ccc5)c(-c5ccccc5)cc4c4cc(-c5ccccc5)ccc43)cc2C(C)(C)C)cc1.[Pt]. The normalized spacial score (nSPS) is 12.5. The van der Waals surface area contributed by atoms with E-state index < -0.39 is 0 Å². The zero-order valence-corrected chi connectivity index (χ0v) is 54.7. The number of pyridine rings is 1. The summed E-state index contributed by atoms with van der Waals surface area (Å²) in [4.78, 5) is 9.97. The second kappa shape index (κ2) is 23.8. The van der Waals surface area contributed by atoms with Gasteiger partial charge in [-0.1, -0.05) is 279 Å². The Bertz CT molecular complexity index is 4760. The van der Waals surface area contributed by atoms with Crippen molar-refractivity contribution >= 4 is 44.6 Å². The third-order valence-electron chi connectivity index (χ3n) is 17.4. The number of ether oxygens (including phenoxy) is 1. The molecular formula is C84H71N4OPt-3. The fourth-order valence-corrected chi connectivity index (χ4v) is 12.6. The summed E-state index contributed by atoms with van der Waals surface area (Å²) in [6.07, 6.45) is 2.07. The first-order valence-corrected chi connectivity index (χ1v) is 30.9. The van der Waals surface area contributed by atoms with Gasteiger partial charge < -0.3 is 19.1 Å². The standard InChI is InChI=1S/C84H71N4O.Pt/c1-82(2,3)64-43-38-59(39-44-64)68-34-23-35-69(63-31-21-30-61(48-63)56-24-13-10-14-25-56)81(68)87-55-86(76-36-19-20-37-77(76)87)66-32-22-33-67(50-66)89-79-53-78-72(51-70(79)58-28-17-12-18-29-58)71-49-62(57-26-15-11-16-27-57)42-47-75(71)88(78)80-52-74(84(7,8)9)73(54-85-80)60-40-45-65(46-41-60)83(4,5)6;/h10-49,51-52,54-55H,1-9H3;/q-3;. The first-order chi connectivity index (χ1) is 43.0. The Morgan fingerprint density at radius 1 is 0.389 bits per heavy atom. The quantitative estimate of drug-likeness (QED) is 0.121. The number of benzene rings is 11. The maximum absolute atomic E-state index is 7.28. The van der Waals surface area contributed by atoms with Crippen LogP contribution in [0.15, 0.2) is 261 Å². The molecule has 11 aromatic carbocycles. The average Bonchev–Trinajstić information content (AvgIpc) is 1.73. The summed E-state index contributed by atoms with van der Waals surface area (Å²) in [7, 11) is 0. The summed E-state index contributed by atoms with van der Waals surface area (Å²) in [5, 5.41) is 2.14. The third kappa shape index (κ3) is 11.4. The van der Waals surface area contributed by atoms with E-state index in [1.165, 1.54) is 22.3 Å². The number of rotatable bonds is 11. The van der Waals surface area contributed by atoms with E-state index in [-0.39, 0.29) is 37.3 Å². The smallest absolute Gasteiger partial charge is 0.135 e. The molecule has 0 amide bonds. The fourth-order valence-electron chi connectivity index (χ4n) is 12.6. The first-order valence-electron chi connectivity index (χ1n) is 30.9. The second-order valence-corrected chi connectivity index (χ2v) is 26.6. The molecule has 1 aliphatic heterocycles. The summed E-state index contributed by atoms with van der Waals surface area (Å²) >= 11 is 0. The number of hydrogen-bond donors (Lipinski definition) is 0. The van der Waals surface area contributed by atoms with E-state index in [0.29, 0.717) is 11.5 Å². The summed E-state index contributed by atoms with van der Waals surface area (Å²) in [5.74, 6) is 1.95. The Kier molecular flexibility index (Phi) is 15.7. The van der Waals surface area contributed by atoms with Crippen LogP contribution < -0.4 is 14.5 Å². The van der Waals surface area contributed by atoms with Crippen LogP contribution in [0.3, 0.4) is 0 Å². The Labute approximate surface area is 545 Å². The molecule has 0 bridgehead atoms. The van der Waals surface area contributed by atoms with E-state index in [9.17, 15) is 0 Å². The molecule has 0 saturated heterocycles. The van der Waals surface area contributed by atoms with Crippen LogP contribution in [0.25, 0.3) is 94.4 Å². The van der Waals surface area contributed by atoms with E-state index in [4.69, 9.17) is 9.72 Å². The molecule has 5 nitrogen and oxygen atoms in total. The van der Waals surface area contributed by atoms with Gasteiger partial charge in [-0.15, -0.1) is 42.0 Å². The first kappa shape index (κ1) is 59.4. The van der Waals surface area contributed by atoms with Gasteiger partial charge in [-0.25, -0.2) is 4.98 Å². The molecule has 1 aliphatic rings. The molecule has 6 heteroatoms. The molecule has 0 spiro atoms. The van der Waals surface area contributed by atoms with Crippen molar-refractivity contribution in [1.29, 1.82) is 0 Å². The van der Waals surface area contributed by atoms with Crippen LogP contribution in [0.5, 0.6) is 11.5 Å². The minimum absolute atomic E-state index is 0. The molecule has 0 aliphatic carbocycles. The molecule has 446 valence electrons. The Morgan fingerprint density at radius 3 is 1.50 bits per heavy atom. The summed E-state index contributed by atoms with van der Waals surface area (Å²) in [5.41, 5.74) is 22.9. The number of fused-ring (bicyclic) bond motifs is 4. The summed E-state index contributed by atoms with van der Waals surface area (Å²) < 4.78 is 9.55. The minimum Gasteiger partial charge on any atom is -0.509 e. The molecule has 0 unspecified atom stereocenters. The van der Waals surface area contributed by atoms with Gasteiger partial charge >= 0.3 is 0 Å². The number of aromatic nitrogens is 2. The Hall–Kier alpha value is -9.54. The van der Waals surface area contributed by atoms with E-state index in [0.717, 1.165) is 112 Å². The predicted octanol–water partition coefficient (Wildman–Crippen LogP) is 22.9. The molecule has 0 atom stereocenters. The van der Waals surface area contributed by atoms with Gasteiger partial charge in [0.25, 0.3) is 0 Å². The van der Waals surface area contributed by atoms with Crippen molar-refractivity contribution in [2.45, 2.75) is 78.6 Å². The Morgan fingerprint density at radius 2 is 0.889 bits per heavy atom. The number of nitrogens with zero attached hydrogens (tertiary/aromatic N) is 4. The summed E-state index contributed by atoms with van der Waals surface area (Å²) in [6.45, 7) is 22.7. The summed E-state index contributed by atoms with van der Waals surface area (Å²) in [6, 6.07) is 99.4. The molecule has 14 rings (SSSR count). The van der Waals surface area contributed by atoms with Crippen LogP contribution >= 0.6 is 0 Å². The van der Waals surface area contributed by atoms with E-state index in [1.54, 1.807) is 0 Å². The molecule has 2 aromatic heterocycles. The number of anilines is 4. The van der Waals surface area contributed by atoms with Gasteiger partial charge in [0.05, 0.1) is 0 Å². The van der Waals surface area contributed by atoms with Crippen LogP contribution in [-0.2, 0) is 37.3 Å². The van der Waals surface area contributed by atoms with E-state index in [2.05, 4.69) is 350 Å². The van der Waals surface area contributed by atoms with Crippen molar-refractivity contribution in [2.75, 3.05) is 9.80 Å². The van der Waals surface area contributed by atoms with Crippen LogP contribution in [0.1, 0.15) is 79.0 Å². The molecule has 0 fully saturated rings. The zero-order valence-electron chi connectivity index (χ0n) is 52.4. The Balaban J connectivity index is 0.00000743. The van der Waals surface area contributed by atoms with Crippen molar-refractivity contribution in [3.8, 4) is 84.1 Å². The zero-order chi connectivity index (χ0) is 61.2. The van der Waals surface area contributed by atoms with Crippen LogP contribution in [0.2, 0.25) is 0 Å². The van der Waals surface area contributed by atoms with Gasteiger partial charge in [-0.05, 0) is 108 Å². The van der Waals surface area contributed by atoms with Gasteiger partial charge in [-0.2, -0.15) is 12.1 Å². The van der Waals surface area contributed by atoms with Crippen molar-refractivity contribution < 1.29 is 25.8 Å². The van der Waals surface area contributed by atoms with Gasteiger partial charge in [0.1, 0.15) is 5.82 Å². The largest absolute Gasteiger partial charge is 0.509 e. The minimum atomic E-state index is -0.211. The molecular weight excluding hydrogens is 1280 g/mol. The number of para-hydroxylation sites is 3. The fraction of sp³-hybridized carbons (Fsp3) is 0.143. The monoisotopic (exact) mass is 1350 g/mol. The van der Waals surface area contributed by atoms with Gasteiger partial charge in [0.2, 0.25) is 0 Å². The van der Waals surface area contributed by atoms with E-state index >= 15 is 0 Å². The third-order valence-corrected chi connectivity index (χ3v) is 17.4. The molecule has 0 radical (unpaired) electrons. The van der Waals surface area contributed by atoms with Gasteiger partial charge in [-0.3, -0.25) is 0 Å². The van der Waals surface area contributed by atoms with Crippen LogP contribution in [0.4, 0.5) is 22.7 Å².